The van der Waals surface area contributed by atoms with E-state index in [0.717, 1.165) is 86.9 Å². The number of benzene rings is 2. The zero-order valence-corrected chi connectivity index (χ0v) is 28.1. The van der Waals surface area contributed by atoms with Gasteiger partial charge < -0.3 is 19.8 Å². The van der Waals surface area contributed by atoms with Crippen molar-refractivity contribution in [1.29, 1.82) is 0 Å². The van der Waals surface area contributed by atoms with Gasteiger partial charge in [-0.3, -0.25) is 4.79 Å². The Hall–Kier alpha value is -2.60. The first-order valence-corrected chi connectivity index (χ1v) is 18.4. The van der Waals surface area contributed by atoms with Gasteiger partial charge in [0.05, 0.1) is 12.7 Å². The fourth-order valence-electron chi connectivity index (χ4n) is 10.1. The Kier molecular flexibility index (Phi) is 10.6. The maximum Gasteiger partial charge on any atom is 0.253 e. The number of aliphatic hydroxyl groups is 1. The number of phenols is 1. The van der Waals surface area contributed by atoms with Crippen molar-refractivity contribution >= 4 is 5.91 Å². The highest BCUT2D eigenvalue weighted by Crippen LogP contribution is 2.63. The number of alkyl halides is 1. The molecule has 2 aromatic carbocycles. The molecular formula is C40H56FNO4. The lowest BCUT2D eigenvalue weighted by atomic mass is 9.51. The molecule has 1 amide bonds. The van der Waals surface area contributed by atoms with Crippen molar-refractivity contribution in [2.24, 2.45) is 29.1 Å². The average Bonchev–Trinajstić information content (AvgIpc) is 3.35. The van der Waals surface area contributed by atoms with Crippen LogP contribution in [0.15, 0.2) is 42.5 Å². The van der Waals surface area contributed by atoms with Gasteiger partial charge >= 0.3 is 0 Å². The van der Waals surface area contributed by atoms with E-state index in [1.54, 1.807) is 6.07 Å². The Morgan fingerprint density at radius 3 is 2.52 bits per heavy atom. The summed E-state index contributed by atoms with van der Waals surface area (Å²) >= 11 is 0. The van der Waals surface area contributed by atoms with Gasteiger partial charge in [0.2, 0.25) is 0 Å². The molecule has 4 aliphatic carbocycles. The highest BCUT2D eigenvalue weighted by atomic mass is 19.1. The van der Waals surface area contributed by atoms with Crippen LogP contribution in [0.1, 0.15) is 125 Å². The predicted molar refractivity (Wildman–Crippen MR) is 181 cm³/mol. The summed E-state index contributed by atoms with van der Waals surface area (Å²) in [6, 6.07) is 13.2. The number of aromatic hydroxyl groups is 1. The van der Waals surface area contributed by atoms with E-state index in [2.05, 4.69) is 11.8 Å². The van der Waals surface area contributed by atoms with Gasteiger partial charge in [0.25, 0.3) is 5.91 Å². The summed E-state index contributed by atoms with van der Waals surface area (Å²) in [6.07, 6.45) is 13.3. The standard InChI is InChI=1S/C40H56FNO4/c1-3-46-32-17-14-28(15-18-32)39(45)42(26-27-11-7-6-8-12-27)22-10-5-4-9-13-29-23-30-24-31(43)16-19-33(30)38-35(41)25-40(2)34(37(29)38)20-21-36(40)44/h14-19,24,27,29,34-38,43-44H,3-13,20-23,25-26H2,1-2H3/t29-,34+,35+,36+,37+,38+,40+/m1/s1. The molecule has 0 radical (unpaired) electrons. The molecule has 2 N–H and O–H groups in total. The number of ether oxygens (including phenoxy) is 1. The summed E-state index contributed by atoms with van der Waals surface area (Å²) in [5.41, 5.74) is 2.60. The minimum Gasteiger partial charge on any atom is -0.508 e. The lowest BCUT2D eigenvalue weighted by Crippen LogP contribution is -2.51. The lowest BCUT2D eigenvalue weighted by Gasteiger charge is -2.54. The Morgan fingerprint density at radius 1 is 1.00 bits per heavy atom. The maximum atomic E-state index is 16.1. The summed E-state index contributed by atoms with van der Waals surface area (Å²) in [5, 5.41) is 21.2. The number of nitrogens with zero attached hydrogens (tertiary/aromatic N) is 1. The van der Waals surface area contributed by atoms with Crippen LogP contribution >= 0.6 is 0 Å². The van der Waals surface area contributed by atoms with Crippen molar-refractivity contribution in [2.75, 3.05) is 19.7 Å². The van der Waals surface area contributed by atoms with E-state index in [1.807, 2.05) is 43.3 Å². The van der Waals surface area contributed by atoms with Crippen LogP contribution in [0.4, 0.5) is 4.39 Å². The molecular weight excluding hydrogens is 577 g/mol. The molecule has 0 aromatic heterocycles. The maximum absolute atomic E-state index is 16.1. The number of unbranched alkanes of at least 4 members (excludes halogenated alkanes) is 3. The Morgan fingerprint density at radius 2 is 1.76 bits per heavy atom. The van der Waals surface area contributed by atoms with Gasteiger partial charge in [-0.05, 0) is 135 Å². The van der Waals surface area contributed by atoms with Crippen LogP contribution in [0.2, 0.25) is 0 Å². The average molecular weight is 634 g/mol. The number of halogens is 1. The largest absolute Gasteiger partial charge is 0.508 e. The minimum absolute atomic E-state index is 0.128. The minimum atomic E-state index is -0.965. The predicted octanol–water partition coefficient (Wildman–Crippen LogP) is 8.86. The summed E-state index contributed by atoms with van der Waals surface area (Å²) in [6.45, 7) is 6.34. The molecule has 0 saturated heterocycles. The smallest absolute Gasteiger partial charge is 0.253 e. The molecule has 252 valence electrons. The quantitative estimate of drug-likeness (QED) is 0.229. The molecule has 0 heterocycles. The molecule has 46 heavy (non-hydrogen) atoms. The first-order valence-electron chi connectivity index (χ1n) is 18.4. The molecule has 6 heteroatoms. The zero-order valence-electron chi connectivity index (χ0n) is 28.1. The van der Waals surface area contributed by atoms with Gasteiger partial charge in [0.1, 0.15) is 17.7 Å². The molecule has 5 nitrogen and oxygen atoms in total. The Bertz CT molecular complexity index is 1310. The van der Waals surface area contributed by atoms with Crippen molar-refractivity contribution in [3.63, 3.8) is 0 Å². The van der Waals surface area contributed by atoms with Crippen LogP contribution in [0.3, 0.4) is 0 Å². The second kappa shape index (κ2) is 14.7. The molecule has 4 aliphatic rings. The molecule has 0 bridgehead atoms. The third-order valence-electron chi connectivity index (χ3n) is 12.4. The number of aliphatic hydroxyl groups excluding tert-OH is 1. The van der Waals surface area contributed by atoms with Gasteiger partial charge in [-0.1, -0.05) is 51.5 Å². The van der Waals surface area contributed by atoms with E-state index in [4.69, 9.17) is 4.74 Å². The van der Waals surface area contributed by atoms with E-state index in [1.165, 1.54) is 32.1 Å². The van der Waals surface area contributed by atoms with Crippen molar-refractivity contribution in [3.8, 4) is 11.5 Å². The van der Waals surface area contributed by atoms with Crippen LogP contribution in [0.5, 0.6) is 11.5 Å². The van der Waals surface area contributed by atoms with E-state index >= 15 is 4.39 Å². The van der Waals surface area contributed by atoms with Crippen molar-refractivity contribution in [3.05, 3.63) is 59.2 Å². The van der Waals surface area contributed by atoms with Crippen LogP contribution < -0.4 is 4.74 Å². The number of fused-ring (bicyclic) bond motifs is 5. The molecule has 7 atom stereocenters. The Labute approximate surface area is 275 Å². The first kappa shape index (κ1) is 33.3. The number of hydrogen-bond acceptors (Lipinski definition) is 4. The van der Waals surface area contributed by atoms with Gasteiger partial charge in [0, 0.05) is 24.6 Å². The van der Waals surface area contributed by atoms with Gasteiger partial charge in [-0.2, -0.15) is 0 Å². The van der Waals surface area contributed by atoms with Crippen molar-refractivity contribution in [1.82, 2.24) is 4.90 Å². The van der Waals surface area contributed by atoms with Crippen LogP contribution in [0, 0.1) is 29.1 Å². The number of carbonyl (C=O) groups excluding carboxylic acids is 1. The van der Waals surface area contributed by atoms with E-state index in [9.17, 15) is 15.0 Å². The summed E-state index contributed by atoms with van der Waals surface area (Å²) in [7, 11) is 0. The monoisotopic (exact) mass is 633 g/mol. The fourth-order valence-corrected chi connectivity index (χ4v) is 10.1. The number of hydrogen-bond donors (Lipinski definition) is 2. The van der Waals surface area contributed by atoms with Crippen LogP contribution in [-0.4, -0.2) is 53.0 Å². The molecule has 0 spiro atoms. The number of amides is 1. The van der Waals surface area contributed by atoms with Crippen molar-refractivity contribution < 1.29 is 24.1 Å². The third kappa shape index (κ3) is 6.98. The number of carbonyl (C=O) groups is 1. The van der Waals surface area contributed by atoms with E-state index in [-0.39, 0.29) is 28.9 Å². The Balaban J connectivity index is 1.07. The number of rotatable bonds is 12. The molecule has 3 fully saturated rings. The van der Waals surface area contributed by atoms with E-state index < -0.39 is 12.3 Å². The summed E-state index contributed by atoms with van der Waals surface area (Å²) in [5.74, 6) is 2.58. The van der Waals surface area contributed by atoms with Crippen molar-refractivity contribution in [2.45, 2.75) is 122 Å². The molecule has 6 rings (SSSR count). The molecule has 2 aromatic rings. The highest BCUT2D eigenvalue weighted by molar-refractivity contribution is 5.94. The SMILES string of the molecule is CCOc1ccc(C(=O)N(CCCCCC[C@@H]2Cc3cc(O)ccc3[C@@H]3[C@@H]2[C@@H]2CC[C@H](O)[C@@]2(C)C[C@@H]3F)CC2CCCCC2)cc1. The van der Waals surface area contributed by atoms with Gasteiger partial charge in [0.15, 0.2) is 0 Å². The second-order valence-corrected chi connectivity index (χ2v) is 15.3. The molecule has 0 unspecified atom stereocenters. The third-order valence-corrected chi connectivity index (χ3v) is 12.4. The molecule has 3 saturated carbocycles. The van der Waals surface area contributed by atoms with Gasteiger partial charge in [-0.15, -0.1) is 0 Å². The van der Waals surface area contributed by atoms with Crippen LogP contribution in [0.25, 0.3) is 0 Å². The highest BCUT2D eigenvalue weighted by Gasteiger charge is 2.59. The topological polar surface area (TPSA) is 70.0 Å². The molecule has 0 aliphatic heterocycles. The number of phenolic OH excluding ortho intramolecular Hbond substituents is 1. The normalized spacial score (nSPS) is 30.7. The fraction of sp³-hybridized carbons (Fsp3) is 0.675. The second-order valence-electron chi connectivity index (χ2n) is 15.3. The first-order chi connectivity index (χ1) is 22.3. The summed E-state index contributed by atoms with van der Waals surface area (Å²) in [4.78, 5) is 15.8. The lowest BCUT2D eigenvalue weighted by molar-refractivity contribution is -0.0722. The zero-order chi connectivity index (χ0) is 32.3. The summed E-state index contributed by atoms with van der Waals surface area (Å²) < 4.78 is 21.7. The van der Waals surface area contributed by atoms with Crippen LogP contribution in [-0.2, 0) is 6.42 Å². The van der Waals surface area contributed by atoms with Gasteiger partial charge in [-0.25, -0.2) is 4.39 Å². The van der Waals surface area contributed by atoms with E-state index in [0.29, 0.717) is 30.8 Å².